The van der Waals surface area contributed by atoms with E-state index in [-0.39, 0.29) is 17.5 Å². The van der Waals surface area contributed by atoms with Crippen LogP contribution in [0.25, 0.3) is 0 Å². The van der Waals surface area contributed by atoms with Gasteiger partial charge in [-0.05, 0) is 75.5 Å². The highest BCUT2D eigenvalue weighted by atomic mass is 16.6. The Morgan fingerprint density at radius 1 is 1.07 bits per heavy atom. The molecule has 4 heteroatoms. The van der Waals surface area contributed by atoms with Gasteiger partial charge in [-0.3, -0.25) is 9.59 Å². The normalized spacial score (nSPS) is 39.1. The molecule has 0 aromatic carbocycles. The van der Waals surface area contributed by atoms with Crippen LogP contribution in [0.4, 0.5) is 0 Å². The molecule has 0 spiro atoms. The van der Waals surface area contributed by atoms with Gasteiger partial charge < -0.3 is 10.1 Å². The first-order chi connectivity index (χ1) is 13.3. The third-order valence-electron chi connectivity index (χ3n) is 8.29. The van der Waals surface area contributed by atoms with Crippen LogP contribution in [0, 0.1) is 29.1 Å². The van der Waals surface area contributed by atoms with Gasteiger partial charge in [0, 0.05) is 30.4 Å². The Morgan fingerprint density at radius 2 is 1.71 bits per heavy atom. The zero-order valence-corrected chi connectivity index (χ0v) is 17.7. The first-order valence-corrected chi connectivity index (χ1v) is 11.5. The number of ether oxygens (including phenoxy) is 1. The number of rotatable bonds is 7. The number of hydrogen-bond donors (Lipinski definition) is 1. The summed E-state index contributed by atoms with van der Waals surface area (Å²) in [6.07, 6.45) is 12.5. The summed E-state index contributed by atoms with van der Waals surface area (Å²) < 4.78 is 6.53. The van der Waals surface area contributed by atoms with E-state index in [1.807, 2.05) is 0 Å². The molecule has 2 atom stereocenters. The molecule has 1 amide bonds. The van der Waals surface area contributed by atoms with Gasteiger partial charge in [-0.1, -0.05) is 26.3 Å². The molecule has 1 N–H and O–H groups in total. The molecule has 5 rings (SSSR count). The molecule has 0 radical (unpaired) electrons. The molecule has 5 aliphatic rings. The Hall–Kier alpha value is -1.32. The van der Waals surface area contributed by atoms with Crippen molar-refractivity contribution in [2.75, 3.05) is 6.54 Å². The average Bonchev–Trinajstić information content (AvgIpc) is 3.15. The highest BCUT2D eigenvalue weighted by Crippen LogP contribution is 2.67. The SMILES string of the molecule is C=C(C)C(=O)NCCCC(=O)OC1(C2CCCC2)C2CC3CC1CC(C)(C3)C2. The number of hydrogen-bond acceptors (Lipinski definition) is 3. The molecular weight excluding hydrogens is 350 g/mol. The third kappa shape index (κ3) is 3.52. The van der Waals surface area contributed by atoms with Crippen molar-refractivity contribution in [2.24, 2.45) is 29.1 Å². The van der Waals surface area contributed by atoms with Crippen LogP contribution in [0.3, 0.4) is 0 Å². The fourth-order valence-electron chi connectivity index (χ4n) is 7.52. The maximum absolute atomic E-state index is 12.9. The lowest BCUT2D eigenvalue weighted by atomic mass is 9.43. The fraction of sp³-hybridized carbons (Fsp3) is 0.833. The van der Waals surface area contributed by atoms with Crippen molar-refractivity contribution in [2.45, 2.75) is 90.1 Å². The molecule has 0 aromatic heterocycles. The molecular formula is C24H37NO3. The molecule has 156 valence electrons. The minimum Gasteiger partial charge on any atom is -0.458 e. The fourth-order valence-corrected chi connectivity index (χ4v) is 7.52. The van der Waals surface area contributed by atoms with E-state index in [0.717, 1.165) is 5.92 Å². The van der Waals surface area contributed by atoms with Crippen LogP contribution in [-0.2, 0) is 14.3 Å². The number of nitrogens with one attached hydrogen (secondary N) is 1. The first kappa shape index (κ1) is 20.0. The van der Waals surface area contributed by atoms with E-state index >= 15 is 0 Å². The second-order valence-corrected chi connectivity index (χ2v) is 10.6. The largest absolute Gasteiger partial charge is 0.458 e. The van der Waals surface area contributed by atoms with Crippen molar-refractivity contribution in [3.63, 3.8) is 0 Å². The molecule has 5 fully saturated rings. The van der Waals surface area contributed by atoms with Crippen LogP contribution in [0.5, 0.6) is 0 Å². The van der Waals surface area contributed by atoms with Crippen molar-refractivity contribution in [1.29, 1.82) is 0 Å². The summed E-state index contributed by atoms with van der Waals surface area (Å²) in [5, 5.41) is 2.82. The summed E-state index contributed by atoms with van der Waals surface area (Å²) in [4.78, 5) is 24.5. The van der Waals surface area contributed by atoms with Gasteiger partial charge in [-0.2, -0.15) is 0 Å². The quantitative estimate of drug-likeness (QED) is 0.389. The Kier molecular flexibility index (Phi) is 5.35. The maximum Gasteiger partial charge on any atom is 0.306 e. The minimum absolute atomic E-state index is 0.0471. The lowest BCUT2D eigenvalue weighted by Gasteiger charge is -2.65. The summed E-state index contributed by atoms with van der Waals surface area (Å²) in [6.45, 7) is 8.32. The van der Waals surface area contributed by atoms with Gasteiger partial charge in [0.05, 0.1) is 0 Å². The first-order valence-electron chi connectivity index (χ1n) is 11.5. The van der Waals surface area contributed by atoms with Crippen molar-refractivity contribution < 1.29 is 14.3 Å². The molecule has 28 heavy (non-hydrogen) atoms. The lowest BCUT2D eigenvalue weighted by Crippen LogP contribution is -2.65. The predicted octanol–water partition coefficient (Wildman–Crippen LogP) is 4.78. The number of amides is 1. The van der Waals surface area contributed by atoms with Gasteiger partial charge in [0.25, 0.3) is 0 Å². The standard InChI is InChI=1S/C24H37NO3/c1-16(2)22(27)25-10-6-9-21(26)28-24(18-7-4-5-8-18)19-11-17-12-20(24)15-23(3,13-17)14-19/h17-20H,1,4-15H2,2-3H3,(H,25,27). The molecule has 2 unspecified atom stereocenters. The van der Waals surface area contributed by atoms with Gasteiger partial charge in [0.15, 0.2) is 0 Å². The summed E-state index contributed by atoms with van der Waals surface area (Å²) in [7, 11) is 0. The van der Waals surface area contributed by atoms with Gasteiger partial charge in [-0.15, -0.1) is 0 Å². The lowest BCUT2D eigenvalue weighted by molar-refractivity contribution is -0.241. The number of esters is 1. The zero-order valence-electron chi connectivity index (χ0n) is 17.7. The van der Waals surface area contributed by atoms with Crippen molar-refractivity contribution >= 4 is 11.9 Å². The van der Waals surface area contributed by atoms with E-state index in [1.54, 1.807) is 6.92 Å². The predicted molar refractivity (Wildman–Crippen MR) is 110 cm³/mol. The average molecular weight is 388 g/mol. The number of carbonyl (C=O) groups excluding carboxylic acids is 2. The smallest absolute Gasteiger partial charge is 0.306 e. The summed E-state index contributed by atoms with van der Waals surface area (Å²) in [6, 6.07) is 0. The van der Waals surface area contributed by atoms with Gasteiger partial charge in [0.2, 0.25) is 5.91 Å². The van der Waals surface area contributed by atoms with E-state index in [1.165, 1.54) is 57.8 Å². The summed E-state index contributed by atoms with van der Waals surface area (Å²) in [5.74, 6) is 2.38. The molecule has 5 saturated carbocycles. The molecule has 0 aromatic rings. The Bertz CT molecular complexity index is 632. The van der Waals surface area contributed by atoms with Gasteiger partial charge in [-0.25, -0.2) is 0 Å². The Labute approximate surface area is 169 Å². The van der Waals surface area contributed by atoms with Crippen LogP contribution in [-0.4, -0.2) is 24.0 Å². The maximum atomic E-state index is 12.9. The van der Waals surface area contributed by atoms with E-state index in [2.05, 4.69) is 18.8 Å². The zero-order chi connectivity index (χ0) is 19.9. The van der Waals surface area contributed by atoms with Crippen LogP contribution in [0.2, 0.25) is 0 Å². The van der Waals surface area contributed by atoms with E-state index in [4.69, 9.17) is 4.74 Å². The van der Waals surface area contributed by atoms with E-state index in [0.29, 0.717) is 48.1 Å². The van der Waals surface area contributed by atoms with Crippen molar-refractivity contribution in [3.8, 4) is 0 Å². The van der Waals surface area contributed by atoms with Crippen LogP contribution < -0.4 is 5.32 Å². The summed E-state index contributed by atoms with van der Waals surface area (Å²) in [5.41, 5.74) is 0.799. The molecule has 0 heterocycles. The van der Waals surface area contributed by atoms with Gasteiger partial charge >= 0.3 is 5.97 Å². The highest BCUT2D eigenvalue weighted by molar-refractivity contribution is 5.92. The van der Waals surface area contributed by atoms with Crippen molar-refractivity contribution in [1.82, 2.24) is 5.32 Å². The molecule has 4 nitrogen and oxygen atoms in total. The monoisotopic (exact) mass is 387 g/mol. The molecule has 4 bridgehead atoms. The molecule has 5 aliphatic carbocycles. The topological polar surface area (TPSA) is 55.4 Å². The van der Waals surface area contributed by atoms with E-state index in [9.17, 15) is 9.59 Å². The van der Waals surface area contributed by atoms with Crippen LogP contribution in [0.15, 0.2) is 12.2 Å². The third-order valence-corrected chi connectivity index (χ3v) is 8.29. The second kappa shape index (κ2) is 7.50. The minimum atomic E-state index is -0.190. The van der Waals surface area contributed by atoms with Gasteiger partial charge in [0.1, 0.15) is 5.60 Å². The van der Waals surface area contributed by atoms with E-state index < -0.39 is 0 Å². The second-order valence-electron chi connectivity index (χ2n) is 10.6. The summed E-state index contributed by atoms with van der Waals surface area (Å²) >= 11 is 0. The highest BCUT2D eigenvalue weighted by Gasteiger charge is 2.65. The van der Waals surface area contributed by atoms with Crippen LogP contribution >= 0.6 is 0 Å². The Balaban J connectivity index is 1.42. The van der Waals surface area contributed by atoms with Crippen LogP contribution in [0.1, 0.15) is 84.5 Å². The molecule has 0 saturated heterocycles. The molecule has 0 aliphatic heterocycles. The number of carbonyl (C=O) groups is 2. The Morgan fingerprint density at radius 3 is 2.29 bits per heavy atom. The van der Waals surface area contributed by atoms with Crippen molar-refractivity contribution in [3.05, 3.63) is 12.2 Å².